The van der Waals surface area contributed by atoms with E-state index in [-0.39, 0.29) is 17.7 Å². The van der Waals surface area contributed by atoms with Crippen LogP contribution in [0.5, 0.6) is 0 Å². The number of nitrogens with zero attached hydrogens (tertiary/aromatic N) is 2. The van der Waals surface area contributed by atoms with Gasteiger partial charge in [-0.05, 0) is 48.6 Å². The Morgan fingerprint density at radius 1 is 1.26 bits per heavy atom. The molecule has 1 aromatic carbocycles. The summed E-state index contributed by atoms with van der Waals surface area (Å²) < 4.78 is 26.4. The van der Waals surface area contributed by atoms with Gasteiger partial charge < -0.3 is 4.90 Å². The number of halogens is 2. The number of carbonyl (C=O) groups is 1. The van der Waals surface area contributed by atoms with Gasteiger partial charge >= 0.3 is 6.03 Å². The minimum Gasteiger partial charge on any atom is -0.324 e. The second kappa shape index (κ2) is 6.73. The first kappa shape index (κ1) is 15.4. The Hall–Kier alpha value is -2.50. The van der Waals surface area contributed by atoms with Crippen molar-refractivity contribution >= 4 is 11.8 Å². The van der Waals surface area contributed by atoms with Crippen molar-refractivity contribution in [2.45, 2.75) is 12.8 Å². The quantitative estimate of drug-likeness (QED) is 0.942. The highest BCUT2D eigenvalue weighted by atomic mass is 19.1. The predicted octanol–water partition coefficient (Wildman–Crippen LogP) is 3.46. The number of nitrogens with one attached hydrogen (secondary N) is 1. The molecule has 1 N–H and O–H groups in total. The monoisotopic (exact) mass is 317 g/mol. The van der Waals surface area contributed by atoms with E-state index < -0.39 is 5.82 Å². The molecule has 1 aliphatic heterocycles. The molecule has 1 fully saturated rings. The van der Waals surface area contributed by atoms with E-state index in [1.807, 2.05) is 0 Å². The second-order valence-corrected chi connectivity index (χ2v) is 5.70. The van der Waals surface area contributed by atoms with Crippen LogP contribution in [0.1, 0.15) is 12.0 Å². The molecule has 0 radical (unpaired) electrons. The van der Waals surface area contributed by atoms with Crippen molar-refractivity contribution in [2.24, 2.45) is 5.92 Å². The highest BCUT2D eigenvalue weighted by Gasteiger charge is 2.27. The zero-order valence-corrected chi connectivity index (χ0v) is 12.5. The van der Waals surface area contributed by atoms with Gasteiger partial charge in [0.25, 0.3) is 0 Å². The van der Waals surface area contributed by atoms with E-state index in [0.29, 0.717) is 19.0 Å². The molecule has 3 rings (SSSR count). The molecule has 2 aromatic rings. The lowest BCUT2D eigenvalue weighted by atomic mass is 9.99. The number of rotatable bonds is 3. The summed E-state index contributed by atoms with van der Waals surface area (Å²) in [6, 6.07) is 8.80. The lowest BCUT2D eigenvalue weighted by Crippen LogP contribution is -2.33. The maximum Gasteiger partial charge on any atom is 0.323 e. The molecule has 0 spiro atoms. The fourth-order valence-electron chi connectivity index (χ4n) is 2.80. The SMILES string of the molecule is O=C(Nc1ncccc1F)N1CCC(Cc2ccc(F)cc2)C1. The first-order valence-electron chi connectivity index (χ1n) is 7.52. The lowest BCUT2D eigenvalue weighted by Gasteiger charge is -2.17. The summed E-state index contributed by atoms with van der Waals surface area (Å²) in [4.78, 5) is 17.6. The van der Waals surface area contributed by atoms with Gasteiger partial charge in [-0.15, -0.1) is 0 Å². The van der Waals surface area contributed by atoms with Crippen molar-refractivity contribution < 1.29 is 13.6 Å². The molecule has 2 heterocycles. The summed E-state index contributed by atoms with van der Waals surface area (Å²) in [5.74, 6) is -0.541. The number of pyridine rings is 1. The maximum absolute atomic E-state index is 13.5. The highest BCUT2D eigenvalue weighted by Crippen LogP contribution is 2.22. The summed E-state index contributed by atoms with van der Waals surface area (Å²) in [5, 5.41) is 2.50. The van der Waals surface area contributed by atoms with Crippen LogP contribution in [0.25, 0.3) is 0 Å². The Bertz CT molecular complexity index is 690. The number of urea groups is 1. The number of amides is 2. The van der Waals surface area contributed by atoms with E-state index in [9.17, 15) is 13.6 Å². The zero-order chi connectivity index (χ0) is 16.2. The van der Waals surface area contributed by atoms with E-state index in [0.717, 1.165) is 18.4 Å². The number of carbonyl (C=O) groups excluding carboxylic acids is 1. The van der Waals surface area contributed by atoms with Crippen LogP contribution in [0, 0.1) is 17.6 Å². The molecule has 4 nitrogen and oxygen atoms in total. The lowest BCUT2D eigenvalue weighted by molar-refractivity contribution is 0.220. The van der Waals surface area contributed by atoms with Gasteiger partial charge in [-0.3, -0.25) is 5.32 Å². The number of anilines is 1. The van der Waals surface area contributed by atoms with Crippen molar-refractivity contribution in [1.82, 2.24) is 9.88 Å². The van der Waals surface area contributed by atoms with Crippen molar-refractivity contribution in [3.63, 3.8) is 0 Å². The number of likely N-dealkylation sites (tertiary alicyclic amines) is 1. The summed E-state index contributed by atoms with van der Waals surface area (Å²) >= 11 is 0. The van der Waals surface area contributed by atoms with Crippen LogP contribution >= 0.6 is 0 Å². The average molecular weight is 317 g/mol. The zero-order valence-electron chi connectivity index (χ0n) is 12.5. The Balaban J connectivity index is 1.55. The maximum atomic E-state index is 13.5. The molecule has 1 atom stereocenters. The van der Waals surface area contributed by atoms with Gasteiger partial charge in [-0.2, -0.15) is 0 Å². The normalized spacial score (nSPS) is 17.3. The second-order valence-electron chi connectivity index (χ2n) is 5.70. The van der Waals surface area contributed by atoms with Gasteiger partial charge in [0.15, 0.2) is 11.6 Å². The van der Waals surface area contributed by atoms with Crippen LogP contribution in [0.4, 0.5) is 19.4 Å². The van der Waals surface area contributed by atoms with Gasteiger partial charge in [-0.1, -0.05) is 12.1 Å². The molecule has 1 unspecified atom stereocenters. The van der Waals surface area contributed by atoms with Crippen molar-refractivity contribution in [3.05, 3.63) is 59.8 Å². The number of aromatic nitrogens is 1. The summed E-state index contributed by atoms with van der Waals surface area (Å²) in [7, 11) is 0. The fraction of sp³-hybridized carbons (Fsp3) is 0.294. The van der Waals surface area contributed by atoms with E-state index in [4.69, 9.17) is 0 Å². The molecule has 6 heteroatoms. The topological polar surface area (TPSA) is 45.2 Å². The van der Waals surface area contributed by atoms with Crippen molar-refractivity contribution in [3.8, 4) is 0 Å². The molecule has 2 amide bonds. The van der Waals surface area contributed by atoms with Crippen LogP contribution in [0.2, 0.25) is 0 Å². The van der Waals surface area contributed by atoms with Crippen molar-refractivity contribution in [2.75, 3.05) is 18.4 Å². The molecule has 1 saturated heterocycles. The van der Waals surface area contributed by atoms with Gasteiger partial charge in [0.05, 0.1) is 0 Å². The van der Waals surface area contributed by atoms with Crippen LogP contribution in [-0.4, -0.2) is 29.0 Å². The molecular formula is C17H17F2N3O. The van der Waals surface area contributed by atoms with Gasteiger partial charge in [0, 0.05) is 19.3 Å². The largest absolute Gasteiger partial charge is 0.324 e. The van der Waals surface area contributed by atoms with Gasteiger partial charge in [0.2, 0.25) is 0 Å². The molecule has 0 saturated carbocycles. The third kappa shape index (κ3) is 3.83. The van der Waals surface area contributed by atoms with Crippen LogP contribution in [-0.2, 0) is 6.42 Å². The van der Waals surface area contributed by atoms with Crippen LogP contribution in [0.15, 0.2) is 42.6 Å². The molecule has 0 bridgehead atoms. The minimum absolute atomic E-state index is 0.0560. The van der Waals surface area contributed by atoms with E-state index in [1.54, 1.807) is 17.0 Å². The number of benzene rings is 1. The Labute approximate surface area is 133 Å². The average Bonchev–Trinajstić information content (AvgIpc) is 3.00. The molecule has 1 aliphatic rings. The Morgan fingerprint density at radius 3 is 2.78 bits per heavy atom. The number of hydrogen-bond donors (Lipinski definition) is 1. The van der Waals surface area contributed by atoms with Gasteiger partial charge in [0.1, 0.15) is 5.82 Å². The molecule has 0 aliphatic carbocycles. The predicted molar refractivity (Wildman–Crippen MR) is 83.0 cm³/mol. The van der Waals surface area contributed by atoms with E-state index >= 15 is 0 Å². The first-order chi connectivity index (χ1) is 11.1. The summed E-state index contributed by atoms with van der Waals surface area (Å²) in [5.41, 5.74) is 1.05. The first-order valence-corrected chi connectivity index (χ1v) is 7.52. The van der Waals surface area contributed by atoms with E-state index in [2.05, 4.69) is 10.3 Å². The van der Waals surface area contributed by atoms with Crippen LogP contribution < -0.4 is 5.32 Å². The summed E-state index contributed by atoms with van der Waals surface area (Å²) in [6.07, 6.45) is 3.09. The smallest absolute Gasteiger partial charge is 0.323 e. The minimum atomic E-state index is -0.553. The molecule has 23 heavy (non-hydrogen) atoms. The van der Waals surface area contributed by atoms with E-state index in [1.165, 1.54) is 30.5 Å². The summed E-state index contributed by atoms with van der Waals surface area (Å²) in [6.45, 7) is 1.21. The Morgan fingerprint density at radius 2 is 2.04 bits per heavy atom. The molecular weight excluding hydrogens is 300 g/mol. The molecule has 1 aromatic heterocycles. The Kier molecular flexibility index (Phi) is 4.50. The third-order valence-electron chi connectivity index (χ3n) is 3.99. The van der Waals surface area contributed by atoms with Gasteiger partial charge in [-0.25, -0.2) is 18.6 Å². The fourth-order valence-corrected chi connectivity index (χ4v) is 2.80. The standard InChI is InChI=1S/C17H17F2N3O/c18-14-5-3-12(4-6-14)10-13-7-9-22(11-13)17(23)21-16-15(19)2-1-8-20-16/h1-6,8,13H,7,9-11H2,(H,20,21,23). The number of hydrogen-bond acceptors (Lipinski definition) is 2. The molecule has 120 valence electrons. The van der Waals surface area contributed by atoms with Crippen molar-refractivity contribution in [1.29, 1.82) is 0 Å². The third-order valence-corrected chi connectivity index (χ3v) is 3.99. The van der Waals surface area contributed by atoms with Crippen LogP contribution in [0.3, 0.4) is 0 Å². The highest BCUT2D eigenvalue weighted by molar-refractivity contribution is 5.88.